The van der Waals surface area contributed by atoms with Gasteiger partial charge < -0.3 is 14.9 Å². The Morgan fingerprint density at radius 2 is 2.31 bits per heavy atom. The molecule has 2 rings (SSSR count). The van der Waals surface area contributed by atoms with E-state index in [9.17, 15) is 9.90 Å². The summed E-state index contributed by atoms with van der Waals surface area (Å²) in [7, 11) is 0. The number of fused-ring (bicyclic) bond motifs is 1. The van der Waals surface area contributed by atoms with Crippen LogP contribution in [0.1, 0.15) is 4.88 Å². The summed E-state index contributed by atoms with van der Waals surface area (Å²) in [5.74, 6) is -1.33. The second-order valence-electron chi connectivity index (χ2n) is 2.35. The van der Waals surface area contributed by atoms with Gasteiger partial charge in [-0.15, -0.1) is 11.3 Å². The minimum atomic E-state index is -1.15. The van der Waals surface area contributed by atoms with Crippen LogP contribution in [0, 0.1) is 0 Å². The Labute approximate surface area is 82.0 Å². The van der Waals surface area contributed by atoms with Gasteiger partial charge in [-0.25, -0.2) is 4.79 Å². The maximum absolute atomic E-state index is 10.6. The van der Waals surface area contributed by atoms with Crippen molar-refractivity contribution in [3.63, 3.8) is 0 Å². The quantitative estimate of drug-likeness (QED) is 0.622. The van der Waals surface area contributed by atoms with E-state index in [0.29, 0.717) is 4.88 Å². The Morgan fingerprint density at radius 3 is 3.00 bits per heavy atom. The molecule has 2 heterocycles. The van der Waals surface area contributed by atoms with E-state index in [1.165, 1.54) is 23.3 Å². The molecule has 1 aliphatic heterocycles. The first-order valence-electron chi connectivity index (χ1n) is 3.37. The molecule has 68 valence electrons. The summed E-state index contributed by atoms with van der Waals surface area (Å²) in [5.41, 5.74) is -0.153. The van der Waals surface area contributed by atoms with Crippen molar-refractivity contribution < 1.29 is 15.0 Å². The topological polar surface area (TPSA) is 69.6 Å². The third kappa shape index (κ3) is 1.27. The monoisotopic (exact) mass is 215 g/mol. The Morgan fingerprint density at radius 1 is 1.54 bits per heavy atom. The van der Waals surface area contributed by atoms with Gasteiger partial charge in [0.25, 0.3) is 0 Å². The molecule has 0 bridgehead atoms. The van der Waals surface area contributed by atoms with Crippen molar-refractivity contribution >= 4 is 35.0 Å². The molecular formula is C7H5NO3S2. The third-order valence-electron chi connectivity index (χ3n) is 1.56. The molecular weight excluding hydrogens is 210 g/mol. The highest BCUT2D eigenvalue weighted by Gasteiger charge is 2.24. The molecule has 1 aromatic heterocycles. The van der Waals surface area contributed by atoms with Crippen LogP contribution in [0.4, 0.5) is 0 Å². The maximum atomic E-state index is 10.6. The van der Waals surface area contributed by atoms with Gasteiger partial charge >= 0.3 is 5.97 Å². The predicted octanol–water partition coefficient (Wildman–Crippen LogP) is 1.67. The molecule has 0 spiro atoms. The lowest BCUT2D eigenvalue weighted by atomic mass is 10.3. The number of carboxylic acids is 1. The first-order chi connectivity index (χ1) is 6.20. The molecule has 1 aromatic rings. The van der Waals surface area contributed by atoms with Gasteiger partial charge in [0.05, 0.1) is 9.77 Å². The van der Waals surface area contributed by atoms with E-state index in [1.54, 1.807) is 5.38 Å². The van der Waals surface area contributed by atoms with Gasteiger partial charge in [0.1, 0.15) is 0 Å². The number of carboxylic acid groups (broad SMARTS) is 1. The summed E-state index contributed by atoms with van der Waals surface area (Å²) < 4.78 is 2.56. The van der Waals surface area contributed by atoms with Gasteiger partial charge in [-0.3, -0.25) is 0 Å². The zero-order chi connectivity index (χ0) is 9.42. The first kappa shape index (κ1) is 8.46. The average molecular weight is 215 g/mol. The molecule has 0 saturated carbocycles. The fraction of sp³-hybridized carbons (Fsp3) is 0. The van der Waals surface area contributed by atoms with Crippen molar-refractivity contribution in [2.45, 2.75) is 4.90 Å². The smallest absolute Gasteiger partial charge is 0.356 e. The van der Waals surface area contributed by atoms with Crippen molar-refractivity contribution in [3.8, 4) is 0 Å². The lowest BCUT2D eigenvalue weighted by Gasteiger charge is -2.13. The Hall–Kier alpha value is -1.14. The van der Waals surface area contributed by atoms with Crippen molar-refractivity contribution in [3.05, 3.63) is 22.0 Å². The number of aliphatic carboxylic acids is 1. The highest BCUT2D eigenvalue weighted by Crippen LogP contribution is 2.36. The number of aliphatic hydroxyl groups is 1. The Bertz CT molecular complexity index is 396. The van der Waals surface area contributed by atoms with E-state index in [0.717, 1.165) is 4.90 Å². The number of carbonyl (C=O) groups is 1. The summed E-state index contributed by atoms with van der Waals surface area (Å²) in [5, 5.41) is 20.0. The number of aliphatic hydroxyl groups excluding tert-OH is 1. The number of hydrogen-bond acceptors (Lipinski definition) is 5. The average Bonchev–Trinajstić information content (AvgIpc) is 2.52. The Kier molecular flexibility index (Phi) is 1.93. The van der Waals surface area contributed by atoms with E-state index in [4.69, 9.17) is 5.11 Å². The van der Waals surface area contributed by atoms with Gasteiger partial charge in [0.2, 0.25) is 0 Å². The predicted molar refractivity (Wildman–Crippen MR) is 50.5 cm³/mol. The van der Waals surface area contributed by atoms with E-state index in [1.807, 2.05) is 6.07 Å². The van der Waals surface area contributed by atoms with E-state index in [-0.39, 0.29) is 11.5 Å². The van der Waals surface area contributed by atoms with E-state index >= 15 is 0 Å². The van der Waals surface area contributed by atoms with Crippen molar-refractivity contribution in [2.24, 2.45) is 0 Å². The molecule has 13 heavy (non-hydrogen) atoms. The molecule has 3 N–H and O–H groups in total. The van der Waals surface area contributed by atoms with Crippen LogP contribution in [-0.4, -0.2) is 16.2 Å². The molecule has 0 unspecified atom stereocenters. The van der Waals surface area contributed by atoms with Gasteiger partial charge in [0, 0.05) is 0 Å². The Balaban J connectivity index is 2.54. The molecule has 0 amide bonds. The fourth-order valence-electron chi connectivity index (χ4n) is 0.963. The molecule has 0 atom stereocenters. The van der Waals surface area contributed by atoms with Crippen LogP contribution in [0.25, 0.3) is 5.76 Å². The normalized spacial score (nSPS) is 15.1. The van der Waals surface area contributed by atoms with Crippen LogP contribution in [-0.2, 0) is 4.79 Å². The first-order valence-corrected chi connectivity index (χ1v) is 5.07. The number of thiophene rings is 1. The number of hydrogen-bond donors (Lipinski definition) is 3. The molecule has 1 aliphatic rings. The van der Waals surface area contributed by atoms with E-state index in [2.05, 4.69) is 4.72 Å². The minimum absolute atomic E-state index is 0.153. The van der Waals surface area contributed by atoms with Gasteiger partial charge in [0.15, 0.2) is 11.5 Å². The van der Waals surface area contributed by atoms with Crippen molar-refractivity contribution in [1.82, 2.24) is 4.72 Å². The third-order valence-corrected chi connectivity index (χ3v) is 3.47. The number of nitrogens with one attached hydrogen (secondary N) is 1. The SMILES string of the molecule is O=C(O)C1=C(O)c2sccc2SN1. The van der Waals surface area contributed by atoms with Gasteiger partial charge in [-0.05, 0) is 23.4 Å². The molecule has 0 radical (unpaired) electrons. The maximum Gasteiger partial charge on any atom is 0.356 e. The number of rotatable bonds is 1. The second-order valence-corrected chi connectivity index (χ2v) is 4.11. The summed E-state index contributed by atoms with van der Waals surface area (Å²) >= 11 is 2.52. The highest BCUT2D eigenvalue weighted by molar-refractivity contribution is 7.97. The zero-order valence-electron chi connectivity index (χ0n) is 6.27. The van der Waals surface area contributed by atoms with Crippen LogP contribution in [0.5, 0.6) is 0 Å². The molecule has 0 aliphatic carbocycles. The second kappa shape index (κ2) is 2.97. The zero-order valence-corrected chi connectivity index (χ0v) is 7.91. The van der Waals surface area contributed by atoms with Crippen LogP contribution >= 0.6 is 23.3 Å². The van der Waals surface area contributed by atoms with Crippen LogP contribution in [0.3, 0.4) is 0 Å². The minimum Gasteiger partial charge on any atom is -0.504 e. The summed E-state index contributed by atoms with van der Waals surface area (Å²) in [6.45, 7) is 0. The molecule has 0 fully saturated rings. The fourth-order valence-corrected chi connectivity index (χ4v) is 2.78. The van der Waals surface area contributed by atoms with Crippen molar-refractivity contribution in [1.29, 1.82) is 0 Å². The van der Waals surface area contributed by atoms with Gasteiger partial charge in [-0.2, -0.15) is 0 Å². The lowest BCUT2D eigenvalue weighted by molar-refractivity contribution is -0.132. The van der Waals surface area contributed by atoms with Crippen LogP contribution in [0.15, 0.2) is 22.0 Å². The van der Waals surface area contributed by atoms with Crippen LogP contribution < -0.4 is 4.72 Å². The van der Waals surface area contributed by atoms with Crippen LogP contribution in [0.2, 0.25) is 0 Å². The van der Waals surface area contributed by atoms with Gasteiger partial charge in [-0.1, -0.05) is 0 Å². The highest BCUT2D eigenvalue weighted by atomic mass is 32.2. The molecule has 4 nitrogen and oxygen atoms in total. The summed E-state index contributed by atoms with van der Waals surface area (Å²) in [6.07, 6.45) is 0. The summed E-state index contributed by atoms with van der Waals surface area (Å²) in [6, 6.07) is 1.83. The molecule has 6 heteroatoms. The molecule has 0 aromatic carbocycles. The largest absolute Gasteiger partial charge is 0.504 e. The lowest BCUT2D eigenvalue weighted by Crippen LogP contribution is -2.18. The van der Waals surface area contributed by atoms with E-state index < -0.39 is 5.97 Å². The van der Waals surface area contributed by atoms with Crippen molar-refractivity contribution in [2.75, 3.05) is 0 Å². The molecule has 0 saturated heterocycles. The standard InChI is InChI=1S/C7H5NO3S2/c9-5-4(7(10)11)8-13-3-1-2-12-6(3)5/h1-2,8-9H,(H,10,11). The summed E-state index contributed by atoms with van der Waals surface area (Å²) in [4.78, 5) is 12.1.